The first kappa shape index (κ1) is 15.6. The molecule has 1 rings (SSSR count). The first-order valence-corrected chi connectivity index (χ1v) is 6.09. The zero-order valence-corrected chi connectivity index (χ0v) is 11.4. The average Bonchev–Trinajstić information content (AvgIpc) is 2.36. The van der Waals surface area contributed by atoms with E-state index in [9.17, 15) is 15.0 Å². The molecular formula is C14H20O5. The van der Waals surface area contributed by atoms with E-state index in [1.165, 1.54) is 0 Å². The Bertz CT molecular complexity index is 399. The molecule has 0 spiro atoms. The Hall–Kier alpha value is -1.43. The van der Waals surface area contributed by atoms with Crippen LogP contribution in [0.15, 0.2) is 24.3 Å². The second-order valence-electron chi connectivity index (χ2n) is 4.47. The van der Waals surface area contributed by atoms with E-state index in [1.807, 2.05) is 0 Å². The Morgan fingerprint density at radius 2 is 1.84 bits per heavy atom. The fourth-order valence-corrected chi connectivity index (χ4v) is 1.56. The molecule has 0 aliphatic rings. The highest BCUT2D eigenvalue weighted by Gasteiger charge is 2.24. The minimum Gasteiger partial charge on any atom is -0.479 e. The highest BCUT2D eigenvalue weighted by molar-refractivity contribution is 5.74. The van der Waals surface area contributed by atoms with Gasteiger partial charge in [0.2, 0.25) is 0 Å². The van der Waals surface area contributed by atoms with Crippen molar-refractivity contribution in [1.29, 1.82) is 0 Å². The van der Waals surface area contributed by atoms with E-state index in [1.54, 1.807) is 45.2 Å². The Labute approximate surface area is 112 Å². The van der Waals surface area contributed by atoms with Crippen molar-refractivity contribution in [3.8, 4) is 0 Å². The third kappa shape index (κ3) is 4.63. The molecule has 1 aromatic rings. The molecule has 5 heteroatoms. The van der Waals surface area contributed by atoms with Gasteiger partial charge < -0.3 is 19.7 Å². The molecule has 3 unspecified atom stereocenters. The van der Waals surface area contributed by atoms with Gasteiger partial charge in [-0.3, -0.25) is 0 Å². The molecule has 0 saturated carbocycles. The van der Waals surface area contributed by atoms with Gasteiger partial charge in [-0.2, -0.15) is 0 Å². The molecule has 0 aliphatic heterocycles. The summed E-state index contributed by atoms with van der Waals surface area (Å²) in [5.41, 5.74) is 1.50. The Balaban J connectivity index is 2.84. The number of carboxylic acid groups (broad SMARTS) is 1. The number of aliphatic hydroxyl groups is 1. The average molecular weight is 268 g/mol. The summed E-state index contributed by atoms with van der Waals surface area (Å²) in [5.74, 6) is -1.08. The van der Waals surface area contributed by atoms with Gasteiger partial charge in [0, 0.05) is 7.11 Å². The topological polar surface area (TPSA) is 76.0 Å². The fourth-order valence-electron chi connectivity index (χ4n) is 1.56. The number of methoxy groups -OCH3 is 1. The molecule has 0 amide bonds. The molecule has 0 radical (unpaired) electrons. The summed E-state index contributed by atoms with van der Waals surface area (Å²) >= 11 is 0. The lowest BCUT2D eigenvalue weighted by Crippen LogP contribution is -2.28. The smallest absolute Gasteiger partial charge is 0.337 e. The van der Waals surface area contributed by atoms with Gasteiger partial charge >= 0.3 is 5.97 Å². The normalized spacial score (nSPS) is 15.8. The Morgan fingerprint density at radius 1 is 1.26 bits per heavy atom. The van der Waals surface area contributed by atoms with Gasteiger partial charge in [-0.25, -0.2) is 4.79 Å². The van der Waals surface area contributed by atoms with Crippen molar-refractivity contribution >= 4 is 5.97 Å². The maximum Gasteiger partial charge on any atom is 0.337 e. The minimum absolute atomic E-state index is 0.475. The quantitative estimate of drug-likeness (QED) is 0.787. The molecule has 0 aromatic heterocycles. The van der Waals surface area contributed by atoms with E-state index in [2.05, 4.69) is 0 Å². The van der Waals surface area contributed by atoms with Crippen LogP contribution in [0.25, 0.3) is 0 Å². The number of aliphatic hydroxyl groups excluding tert-OH is 1. The molecule has 0 aliphatic carbocycles. The van der Waals surface area contributed by atoms with Gasteiger partial charge in [0.25, 0.3) is 0 Å². The van der Waals surface area contributed by atoms with Gasteiger partial charge in [-0.1, -0.05) is 24.3 Å². The van der Waals surface area contributed by atoms with Gasteiger partial charge in [-0.15, -0.1) is 0 Å². The summed E-state index contributed by atoms with van der Waals surface area (Å²) in [6.07, 6.45) is -2.37. The molecule has 0 saturated heterocycles. The molecule has 0 heterocycles. The SMILES string of the molecule is COCc1ccc(C(OC(C)C(C)O)C(=O)O)cc1. The van der Waals surface area contributed by atoms with Crippen LogP contribution < -0.4 is 0 Å². The lowest BCUT2D eigenvalue weighted by atomic mass is 10.1. The highest BCUT2D eigenvalue weighted by Crippen LogP contribution is 2.21. The Kier molecular flexibility index (Phi) is 5.95. The monoisotopic (exact) mass is 268 g/mol. The van der Waals surface area contributed by atoms with Crippen molar-refractivity contribution < 1.29 is 24.5 Å². The number of carbonyl (C=O) groups is 1. The molecule has 19 heavy (non-hydrogen) atoms. The number of hydrogen-bond acceptors (Lipinski definition) is 4. The molecule has 0 bridgehead atoms. The Morgan fingerprint density at radius 3 is 2.26 bits per heavy atom. The van der Waals surface area contributed by atoms with Gasteiger partial charge in [0.1, 0.15) is 0 Å². The van der Waals surface area contributed by atoms with Crippen LogP contribution in [0, 0.1) is 0 Å². The van der Waals surface area contributed by atoms with Crippen LogP contribution in [0.2, 0.25) is 0 Å². The number of benzene rings is 1. The van der Waals surface area contributed by atoms with E-state index in [0.717, 1.165) is 5.56 Å². The van der Waals surface area contributed by atoms with E-state index >= 15 is 0 Å². The lowest BCUT2D eigenvalue weighted by Gasteiger charge is -2.21. The molecule has 1 aromatic carbocycles. The van der Waals surface area contributed by atoms with Crippen molar-refractivity contribution in [3.63, 3.8) is 0 Å². The zero-order chi connectivity index (χ0) is 14.4. The summed E-state index contributed by atoms with van der Waals surface area (Å²) in [6, 6.07) is 6.99. The predicted octanol–water partition coefficient (Wildman–Crippen LogP) is 1.74. The maximum absolute atomic E-state index is 11.2. The summed E-state index contributed by atoms with van der Waals surface area (Å²) in [5, 5.41) is 18.6. The van der Waals surface area contributed by atoms with Crippen LogP contribution in [0.1, 0.15) is 31.1 Å². The van der Waals surface area contributed by atoms with Crippen molar-refractivity contribution in [2.45, 2.75) is 38.8 Å². The van der Waals surface area contributed by atoms with E-state index in [-0.39, 0.29) is 0 Å². The first-order valence-electron chi connectivity index (χ1n) is 6.09. The minimum atomic E-state index is -1.08. The van der Waals surface area contributed by atoms with Crippen LogP contribution in [0.5, 0.6) is 0 Å². The summed E-state index contributed by atoms with van der Waals surface area (Å²) < 4.78 is 10.4. The summed E-state index contributed by atoms with van der Waals surface area (Å²) in [6.45, 7) is 3.67. The largest absolute Gasteiger partial charge is 0.479 e. The maximum atomic E-state index is 11.2. The van der Waals surface area contributed by atoms with E-state index in [0.29, 0.717) is 12.2 Å². The first-order chi connectivity index (χ1) is 8.95. The van der Waals surface area contributed by atoms with Crippen LogP contribution in [-0.4, -0.2) is 35.5 Å². The third-order valence-corrected chi connectivity index (χ3v) is 2.85. The summed E-state index contributed by atoms with van der Waals surface area (Å²) in [7, 11) is 1.60. The van der Waals surface area contributed by atoms with Crippen molar-refractivity contribution in [2.24, 2.45) is 0 Å². The van der Waals surface area contributed by atoms with Crippen molar-refractivity contribution in [2.75, 3.05) is 7.11 Å². The number of carboxylic acids is 1. The standard InChI is InChI=1S/C14H20O5/c1-9(15)10(2)19-13(14(16)17)12-6-4-11(5-7-12)8-18-3/h4-7,9-10,13,15H,8H2,1-3H3,(H,16,17). The predicted molar refractivity (Wildman–Crippen MR) is 69.8 cm³/mol. The van der Waals surface area contributed by atoms with E-state index in [4.69, 9.17) is 9.47 Å². The number of ether oxygens (including phenoxy) is 2. The third-order valence-electron chi connectivity index (χ3n) is 2.85. The number of hydrogen-bond donors (Lipinski definition) is 2. The van der Waals surface area contributed by atoms with Gasteiger partial charge in [0.15, 0.2) is 6.10 Å². The second-order valence-corrected chi connectivity index (χ2v) is 4.47. The lowest BCUT2D eigenvalue weighted by molar-refractivity contribution is -0.158. The molecule has 3 atom stereocenters. The zero-order valence-electron chi connectivity index (χ0n) is 11.4. The van der Waals surface area contributed by atoms with E-state index < -0.39 is 24.3 Å². The van der Waals surface area contributed by atoms with Crippen LogP contribution in [0.3, 0.4) is 0 Å². The van der Waals surface area contributed by atoms with Crippen LogP contribution >= 0.6 is 0 Å². The van der Waals surface area contributed by atoms with Gasteiger partial charge in [0.05, 0.1) is 18.8 Å². The molecule has 5 nitrogen and oxygen atoms in total. The second kappa shape index (κ2) is 7.23. The molecule has 2 N–H and O–H groups in total. The van der Waals surface area contributed by atoms with Crippen LogP contribution in [-0.2, 0) is 20.9 Å². The van der Waals surface area contributed by atoms with Gasteiger partial charge in [-0.05, 0) is 25.0 Å². The van der Waals surface area contributed by atoms with Crippen molar-refractivity contribution in [3.05, 3.63) is 35.4 Å². The fraction of sp³-hybridized carbons (Fsp3) is 0.500. The molecular weight excluding hydrogens is 248 g/mol. The number of aliphatic carboxylic acids is 1. The van der Waals surface area contributed by atoms with Crippen LogP contribution in [0.4, 0.5) is 0 Å². The number of rotatable bonds is 7. The molecule has 106 valence electrons. The molecule has 0 fully saturated rings. The summed E-state index contributed by atoms with van der Waals surface area (Å²) in [4.78, 5) is 11.2. The van der Waals surface area contributed by atoms with Crippen molar-refractivity contribution in [1.82, 2.24) is 0 Å². The highest BCUT2D eigenvalue weighted by atomic mass is 16.5.